The zero-order valence-corrected chi connectivity index (χ0v) is 16.6. The molecule has 0 radical (unpaired) electrons. The molecule has 0 bridgehead atoms. The van der Waals surface area contributed by atoms with Crippen molar-refractivity contribution in [3.05, 3.63) is 53.6 Å². The number of carbonyl (C=O) groups excluding carboxylic acids is 1. The molecule has 0 fully saturated rings. The summed E-state index contributed by atoms with van der Waals surface area (Å²) >= 11 is 0. The fourth-order valence-electron chi connectivity index (χ4n) is 2.53. The van der Waals surface area contributed by atoms with Gasteiger partial charge in [0.05, 0.1) is 13.7 Å². The molecule has 0 heterocycles. The second-order valence-corrected chi connectivity index (χ2v) is 6.43. The number of carbonyl (C=O) groups is 1. The molecule has 2 aromatic rings. The van der Waals surface area contributed by atoms with Gasteiger partial charge in [-0.2, -0.15) is 0 Å². The van der Waals surface area contributed by atoms with Crippen molar-refractivity contribution in [2.75, 3.05) is 13.7 Å². The summed E-state index contributed by atoms with van der Waals surface area (Å²) in [5.74, 6) is 1.94. The van der Waals surface area contributed by atoms with Gasteiger partial charge >= 0.3 is 0 Å². The van der Waals surface area contributed by atoms with E-state index in [0.29, 0.717) is 18.9 Å². The fraction of sp³-hybridized carbons (Fsp3) is 0.409. The summed E-state index contributed by atoms with van der Waals surface area (Å²) in [7, 11) is 1.61. The Hall–Kier alpha value is -2.69. The Bertz CT molecular complexity index is 745. The summed E-state index contributed by atoms with van der Waals surface area (Å²) < 4.78 is 16.9. The lowest BCUT2D eigenvalue weighted by molar-refractivity contribution is -0.127. The number of ether oxygens (including phenoxy) is 3. The smallest absolute Gasteiger partial charge is 0.261 e. The summed E-state index contributed by atoms with van der Waals surface area (Å²) in [6.07, 6.45) is 1.50. The Morgan fingerprint density at radius 1 is 1.11 bits per heavy atom. The third kappa shape index (κ3) is 6.20. The van der Waals surface area contributed by atoms with E-state index in [1.807, 2.05) is 49.4 Å². The molecule has 0 aliphatic heterocycles. The molecule has 1 amide bonds. The second-order valence-electron chi connectivity index (χ2n) is 6.43. The summed E-state index contributed by atoms with van der Waals surface area (Å²) in [6.45, 7) is 6.88. The van der Waals surface area contributed by atoms with Gasteiger partial charge in [-0.25, -0.2) is 0 Å². The lowest BCUT2D eigenvalue weighted by Gasteiger charge is -2.17. The van der Waals surface area contributed by atoms with Crippen LogP contribution in [0.1, 0.15) is 37.8 Å². The highest BCUT2D eigenvalue weighted by Crippen LogP contribution is 2.28. The molecular formula is C22H29NO4. The van der Waals surface area contributed by atoms with Crippen LogP contribution in [0.25, 0.3) is 0 Å². The Morgan fingerprint density at radius 2 is 1.89 bits per heavy atom. The van der Waals surface area contributed by atoms with Crippen molar-refractivity contribution < 1.29 is 19.0 Å². The third-order valence-corrected chi connectivity index (χ3v) is 4.22. The number of rotatable bonds is 10. The number of methoxy groups -OCH3 is 1. The zero-order valence-electron chi connectivity index (χ0n) is 16.6. The average Bonchev–Trinajstić information content (AvgIpc) is 2.68. The van der Waals surface area contributed by atoms with Crippen molar-refractivity contribution in [1.29, 1.82) is 0 Å². The van der Waals surface area contributed by atoms with Crippen LogP contribution in [0.15, 0.2) is 42.5 Å². The van der Waals surface area contributed by atoms with E-state index in [9.17, 15) is 4.79 Å². The normalized spacial score (nSPS) is 11.6. The first kappa shape index (κ1) is 20.6. The van der Waals surface area contributed by atoms with Crippen LogP contribution in [0, 0.1) is 6.92 Å². The standard InChI is InChI=1S/C22H29NO4/c1-5-6-13-26-20-12-11-18(14-21(20)25-4)15-23-22(24)17(3)27-19-10-8-7-9-16(19)2/h7-12,14,17H,5-6,13,15H2,1-4H3,(H,23,24). The van der Waals surface area contributed by atoms with Crippen molar-refractivity contribution >= 4 is 5.91 Å². The van der Waals surface area contributed by atoms with Crippen LogP contribution in [0.5, 0.6) is 17.2 Å². The number of amides is 1. The molecule has 0 saturated carbocycles. The Labute approximate surface area is 161 Å². The van der Waals surface area contributed by atoms with Gasteiger partial charge in [0.2, 0.25) is 0 Å². The van der Waals surface area contributed by atoms with Gasteiger partial charge in [-0.05, 0) is 49.6 Å². The van der Waals surface area contributed by atoms with Crippen molar-refractivity contribution in [3.8, 4) is 17.2 Å². The molecule has 146 valence electrons. The number of unbranched alkanes of at least 4 members (excludes halogenated alkanes) is 1. The minimum Gasteiger partial charge on any atom is -0.493 e. The molecule has 1 N–H and O–H groups in total. The van der Waals surface area contributed by atoms with E-state index in [1.165, 1.54) is 0 Å². The summed E-state index contributed by atoms with van der Waals surface area (Å²) in [5, 5.41) is 2.90. The van der Waals surface area contributed by atoms with Crippen molar-refractivity contribution in [2.45, 2.75) is 46.3 Å². The minimum absolute atomic E-state index is 0.166. The van der Waals surface area contributed by atoms with Crippen LogP contribution in [0.2, 0.25) is 0 Å². The number of benzene rings is 2. The van der Waals surface area contributed by atoms with Gasteiger partial charge in [0, 0.05) is 6.54 Å². The van der Waals surface area contributed by atoms with Crippen LogP contribution in [-0.2, 0) is 11.3 Å². The third-order valence-electron chi connectivity index (χ3n) is 4.22. The van der Waals surface area contributed by atoms with Crippen LogP contribution in [-0.4, -0.2) is 25.7 Å². The number of aryl methyl sites for hydroxylation is 1. The fourth-order valence-corrected chi connectivity index (χ4v) is 2.53. The quantitative estimate of drug-likeness (QED) is 0.634. The SMILES string of the molecule is CCCCOc1ccc(CNC(=O)C(C)Oc2ccccc2C)cc1OC. The van der Waals surface area contributed by atoms with E-state index in [1.54, 1.807) is 14.0 Å². The summed E-state index contributed by atoms with van der Waals surface area (Å²) in [4.78, 5) is 12.3. The Morgan fingerprint density at radius 3 is 2.59 bits per heavy atom. The molecule has 0 spiro atoms. The monoisotopic (exact) mass is 371 g/mol. The van der Waals surface area contributed by atoms with E-state index >= 15 is 0 Å². The van der Waals surface area contributed by atoms with Crippen molar-refractivity contribution in [3.63, 3.8) is 0 Å². The second kappa shape index (κ2) is 10.5. The van der Waals surface area contributed by atoms with Crippen LogP contribution in [0.4, 0.5) is 0 Å². The maximum absolute atomic E-state index is 12.3. The van der Waals surface area contributed by atoms with Gasteiger partial charge in [-0.1, -0.05) is 37.6 Å². The summed E-state index contributed by atoms with van der Waals surface area (Å²) in [5.41, 5.74) is 1.94. The first-order valence-electron chi connectivity index (χ1n) is 9.34. The van der Waals surface area contributed by atoms with Crippen molar-refractivity contribution in [1.82, 2.24) is 5.32 Å². The topological polar surface area (TPSA) is 56.8 Å². The first-order chi connectivity index (χ1) is 13.0. The zero-order chi connectivity index (χ0) is 19.6. The predicted octanol–water partition coefficient (Wildman–Crippen LogP) is 4.27. The molecule has 1 atom stereocenters. The maximum Gasteiger partial charge on any atom is 0.261 e. The van der Waals surface area contributed by atoms with Crippen molar-refractivity contribution in [2.24, 2.45) is 0 Å². The highest BCUT2D eigenvalue weighted by Gasteiger charge is 2.15. The molecule has 2 rings (SSSR count). The molecule has 1 unspecified atom stereocenters. The van der Waals surface area contributed by atoms with E-state index in [0.717, 1.165) is 35.5 Å². The molecular weight excluding hydrogens is 342 g/mol. The van der Waals surface area contributed by atoms with Gasteiger partial charge < -0.3 is 19.5 Å². The highest BCUT2D eigenvalue weighted by atomic mass is 16.5. The van der Waals surface area contributed by atoms with E-state index < -0.39 is 6.10 Å². The highest BCUT2D eigenvalue weighted by molar-refractivity contribution is 5.80. The lowest BCUT2D eigenvalue weighted by Crippen LogP contribution is -2.36. The number of nitrogens with one attached hydrogen (secondary N) is 1. The molecule has 0 saturated heterocycles. The van der Waals surface area contributed by atoms with Gasteiger partial charge in [-0.3, -0.25) is 4.79 Å². The Balaban J connectivity index is 1.91. The number of hydrogen-bond acceptors (Lipinski definition) is 4. The van der Waals surface area contributed by atoms with Gasteiger partial charge in [0.15, 0.2) is 17.6 Å². The van der Waals surface area contributed by atoms with Crippen LogP contribution < -0.4 is 19.5 Å². The molecule has 5 heteroatoms. The number of hydrogen-bond donors (Lipinski definition) is 1. The van der Waals surface area contributed by atoms with E-state index in [-0.39, 0.29) is 5.91 Å². The largest absolute Gasteiger partial charge is 0.493 e. The molecule has 27 heavy (non-hydrogen) atoms. The molecule has 2 aromatic carbocycles. The Kier molecular flexibility index (Phi) is 7.99. The van der Waals surface area contributed by atoms with Crippen LogP contribution in [0.3, 0.4) is 0 Å². The lowest BCUT2D eigenvalue weighted by atomic mass is 10.2. The molecule has 0 aliphatic carbocycles. The molecule has 0 aliphatic rings. The first-order valence-corrected chi connectivity index (χ1v) is 9.34. The average molecular weight is 371 g/mol. The molecule has 5 nitrogen and oxygen atoms in total. The maximum atomic E-state index is 12.3. The van der Waals surface area contributed by atoms with E-state index in [2.05, 4.69) is 12.2 Å². The van der Waals surface area contributed by atoms with Gasteiger partial charge in [0.1, 0.15) is 5.75 Å². The molecule has 0 aromatic heterocycles. The minimum atomic E-state index is -0.579. The van der Waals surface area contributed by atoms with Gasteiger partial charge in [0.25, 0.3) is 5.91 Å². The summed E-state index contributed by atoms with van der Waals surface area (Å²) in [6, 6.07) is 13.3. The predicted molar refractivity (Wildman–Crippen MR) is 107 cm³/mol. The van der Waals surface area contributed by atoms with Crippen LogP contribution >= 0.6 is 0 Å². The van der Waals surface area contributed by atoms with E-state index in [4.69, 9.17) is 14.2 Å². The van der Waals surface area contributed by atoms with Gasteiger partial charge in [-0.15, -0.1) is 0 Å². The number of para-hydroxylation sites is 1.